The summed E-state index contributed by atoms with van der Waals surface area (Å²) in [5.74, 6) is 2.44. The minimum Gasteiger partial charge on any atom is -0.359 e. The second-order valence-corrected chi connectivity index (χ2v) is 4.86. The van der Waals surface area contributed by atoms with Crippen molar-refractivity contribution in [3.05, 3.63) is 6.20 Å². The van der Waals surface area contributed by atoms with Gasteiger partial charge in [0.15, 0.2) is 5.65 Å². The third-order valence-corrected chi connectivity index (χ3v) is 3.22. The fourth-order valence-electron chi connectivity index (χ4n) is 2.12. The summed E-state index contributed by atoms with van der Waals surface area (Å²) in [6.45, 7) is 3.91. The SMILES string of the molecule is CCNc1nc(N(C)CC2CC2)c2cn[nH]c2n1. The van der Waals surface area contributed by atoms with E-state index in [-0.39, 0.29) is 0 Å². The van der Waals surface area contributed by atoms with Crippen LogP contribution in [0.2, 0.25) is 0 Å². The van der Waals surface area contributed by atoms with Crippen molar-refractivity contribution in [1.29, 1.82) is 0 Å². The van der Waals surface area contributed by atoms with Crippen LogP contribution in [-0.4, -0.2) is 40.3 Å². The molecule has 2 heterocycles. The van der Waals surface area contributed by atoms with Crippen LogP contribution in [0.3, 0.4) is 0 Å². The standard InChI is InChI=1S/C12H18N6/c1-3-13-12-15-10-9(6-14-17-10)11(16-12)18(2)7-8-4-5-8/h6,8H,3-5,7H2,1-2H3,(H2,13,14,15,16,17). The molecule has 0 atom stereocenters. The first-order chi connectivity index (χ1) is 8.78. The molecule has 0 unspecified atom stereocenters. The molecule has 0 spiro atoms. The lowest BCUT2D eigenvalue weighted by Gasteiger charge is -2.19. The fourth-order valence-corrected chi connectivity index (χ4v) is 2.12. The van der Waals surface area contributed by atoms with Crippen LogP contribution in [0.4, 0.5) is 11.8 Å². The highest BCUT2D eigenvalue weighted by molar-refractivity contribution is 5.87. The highest BCUT2D eigenvalue weighted by Gasteiger charge is 2.24. The van der Waals surface area contributed by atoms with Crippen molar-refractivity contribution in [1.82, 2.24) is 20.2 Å². The first kappa shape index (κ1) is 11.3. The number of hydrogen-bond acceptors (Lipinski definition) is 5. The Labute approximate surface area is 106 Å². The normalized spacial score (nSPS) is 15.0. The van der Waals surface area contributed by atoms with Crippen LogP contribution in [0.5, 0.6) is 0 Å². The summed E-state index contributed by atoms with van der Waals surface area (Å²) in [7, 11) is 2.09. The van der Waals surface area contributed by atoms with Gasteiger partial charge in [0.25, 0.3) is 0 Å². The molecule has 1 aliphatic carbocycles. The predicted molar refractivity (Wildman–Crippen MR) is 71.8 cm³/mol. The molecule has 0 radical (unpaired) electrons. The molecule has 3 rings (SSSR count). The Kier molecular flexibility index (Phi) is 2.77. The Morgan fingerprint density at radius 1 is 1.44 bits per heavy atom. The second-order valence-electron chi connectivity index (χ2n) is 4.86. The Morgan fingerprint density at radius 3 is 3.00 bits per heavy atom. The van der Waals surface area contributed by atoms with Crippen LogP contribution in [0.15, 0.2) is 6.20 Å². The van der Waals surface area contributed by atoms with E-state index in [9.17, 15) is 0 Å². The number of hydrogen-bond donors (Lipinski definition) is 2. The highest BCUT2D eigenvalue weighted by Crippen LogP contribution is 2.32. The summed E-state index contributed by atoms with van der Waals surface area (Å²) in [6, 6.07) is 0. The molecule has 0 aliphatic heterocycles. The molecule has 0 bridgehead atoms. The van der Waals surface area contributed by atoms with Crippen molar-refractivity contribution in [3.63, 3.8) is 0 Å². The number of aromatic nitrogens is 4. The zero-order chi connectivity index (χ0) is 12.5. The number of nitrogens with zero attached hydrogens (tertiary/aromatic N) is 4. The number of H-pyrrole nitrogens is 1. The van der Waals surface area contributed by atoms with E-state index in [1.54, 1.807) is 6.20 Å². The summed E-state index contributed by atoms with van der Waals surface area (Å²) >= 11 is 0. The molecule has 2 aromatic heterocycles. The number of rotatable bonds is 5. The Balaban J connectivity index is 1.97. The van der Waals surface area contributed by atoms with Gasteiger partial charge in [-0.25, -0.2) is 0 Å². The van der Waals surface area contributed by atoms with E-state index < -0.39 is 0 Å². The number of aromatic amines is 1. The summed E-state index contributed by atoms with van der Waals surface area (Å²) in [4.78, 5) is 11.2. The van der Waals surface area contributed by atoms with Crippen LogP contribution in [-0.2, 0) is 0 Å². The van der Waals surface area contributed by atoms with E-state index in [4.69, 9.17) is 0 Å². The number of fused-ring (bicyclic) bond motifs is 1. The van der Waals surface area contributed by atoms with Crippen molar-refractivity contribution in [3.8, 4) is 0 Å². The van der Waals surface area contributed by atoms with Gasteiger partial charge in [0.2, 0.25) is 5.95 Å². The molecule has 18 heavy (non-hydrogen) atoms. The van der Waals surface area contributed by atoms with E-state index >= 15 is 0 Å². The second kappa shape index (κ2) is 4.44. The molecule has 1 saturated carbocycles. The molecular weight excluding hydrogens is 228 g/mol. The van der Waals surface area contributed by atoms with Gasteiger partial charge in [-0.2, -0.15) is 15.1 Å². The van der Waals surface area contributed by atoms with Gasteiger partial charge in [0.1, 0.15) is 5.82 Å². The first-order valence-corrected chi connectivity index (χ1v) is 6.44. The molecule has 2 aromatic rings. The van der Waals surface area contributed by atoms with Crippen LogP contribution in [0.25, 0.3) is 11.0 Å². The van der Waals surface area contributed by atoms with Crippen LogP contribution in [0, 0.1) is 5.92 Å². The van der Waals surface area contributed by atoms with Gasteiger partial charge in [0, 0.05) is 20.1 Å². The van der Waals surface area contributed by atoms with E-state index in [1.165, 1.54) is 12.8 Å². The third kappa shape index (κ3) is 2.10. The van der Waals surface area contributed by atoms with Gasteiger partial charge in [-0.3, -0.25) is 5.10 Å². The maximum absolute atomic E-state index is 4.59. The number of anilines is 2. The molecule has 2 N–H and O–H groups in total. The minimum atomic E-state index is 0.659. The molecule has 6 nitrogen and oxygen atoms in total. The molecule has 6 heteroatoms. The molecule has 1 aliphatic rings. The number of nitrogens with one attached hydrogen (secondary N) is 2. The lowest BCUT2D eigenvalue weighted by atomic mass is 10.3. The van der Waals surface area contributed by atoms with Crippen molar-refractivity contribution in [2.24, 2.45) is 5.92 Å². The molecule has 96 valence electrons. The van der Waals surface area contributed by atoms with Gasteiger partial charge < -0.3 is 10.2 Å². The van der Waals surface area contributed by atoms with Crippen molar-refractivity contribution in [2.45, 2.75) is 19.8 Å². The largest absolute Gasteiger partial charge is 0.359 e. The van der Waals surface area contributed by atoms with Gasteiger partial charge in [-0.1, -0.05) is 0 Å². The van der Waals surface area contributed by atoms with E-state index in [0.29, 0.717) is 5.95 Å². The maximum Gasteiger partial charge on any atom is 0.226 e. The van der Waals surface area contributed by atoms with Crippen molar-refractivity contribution >= 4 is 22.8 Å². The maximum atomic E-state index is 4.59. The summed E-state index contributed by atoms with van der Waals surface area (Å²) in [5.41, 5.74) is 0.790. The lowest BCUT2D eigenvalue weighted by molar-refractivity contribution is 0.779. The first-order valence-electron chi connectivity index (χ1n) is 6.44. The van der Waals surface area contributed by atoms with E-state index in [0.717, 1.165) is 35.9 Å². The fraction of sp³-hybridized carbons (Fsp3) is 0.583. The zero-order valence-electron chi connectivity index (χ0n) is 10.8. The minimum absolute atomic E-state index is 0.659. The molecule has 0 amide bonds. The summed E-state index contributed by atoms with van der Waals surface area (Å²) < 4.78 is 0. The zero-order valence-corrected chi connectivity index (χ0v) is 10.8. The topological polar surface area (TPSA) is 69.7 Å². The highest BCUT2D eigenvalue weighted by atomic mass is 15.2. The average molecular weight is 246 g/mol. The van der Waals surface area contributed by atoms with Crippen LogP contribution < -0.4 is 10.2 Å². The monoisotopic (exact) mass is 246 g/mol. The smallest absolute Gasteiger partial charge is 0.226 e. The van der Waals surface area contributed by atoms with E-state index in [1.807, 2.05) is 6.92 Å². The summed E-state index contributed by atoms with van der Waals surface area (Å²) in [6.07, 6.45) is 4.47. The van der Waals surface area contributed by atoms with Crippen molar-refractivity contribution < 1.29 is 0 Å². The van der Waals surface area contributed by atoms with Gasteiger partial charge in [-0.05, 0) is 25.7 Å². The van der Waals surface area contributed by atoms with Crippen LogP contribution in [0.1, 0.15) is 19.8 Å². The van der Waals surface area contributed by atoms with E-state index in [2.05, 4.69) is 37.4 Å². The lowest BCUT2D eigenvalue weighted by Crippen LogP contribution is -2.22. The van der Waals surface area contributed by atoms with Gasteiger partial charge in [0.05, 0.1) is 11.6 Å². The van der Waals surface area contributed by atoms with Crippen molar-refractivity contribution in [2.75, 3.05) is 30.4 Å². The molecule has 0 saturated heterocycles. The molecule has 1 fully saturated rings. The Hall–Kier alpha value is -1.85. The van der Waals surface area contributed by atoms with Gasteiger partial charge >= 0.3 is 0 Å². The quantitative estimate of drug-likeness (QED) is 0.839. The Morgan fingerprint density at radius 2 is 2.28 bits per heavy atom. The third-order valence-electron chi connectivity index (χ3n) is 3.22. The molecular formula is C12H18N6. The van der Waals surface area contributed by atoms with Crippen LogP contribution >= 0.6 is 0 Å². The average Bonchev–Trinajstić information content (AvgIpc) is 3.04. The Bertz CT molecular complexity index is 544. The predicted octanol–water partition coefficient (Wildman–Crippen LogP) is 1.63. The van der Waals surface area contributed by atoms with Gasteiger partial charge in [-0.15, -0.1) is 0 Å². The molecule has 0 aromatic carbocycles. The summed E-state index contributed by atoms with van der Waals surface area (Å²) in [5, 5.41) is 11.1.